The highest BCUT2D eigenvalue weighted by Gasteiger charge is 2.49. The van der Waals surface area contributed by atoms with Gasteiger partial charge in [-0.25, -0.2) is 0 Å². The quantitative estimate of drug-likeness (QED) is 0.791. The van der Waals surface area contributed by atoms with Crippen LogP contribution < -0.4 is 5.32 Å². The lowest BCUT2D eigenvalue weighted by molar-refractivity contribution is -0.145. The summed E-state index contributed by atoms with van der Waals surface area (Å²) in [5, 5.41) is 13.0. The van der Waals surface area contributed by atoms with E-state index in [4.69, 9.17) is 4.74 Å². The summed E-state index contributed by atoms with van der Waals surface area (Å²) in [4.78, 5) is 14.1. The first-order valence-electron chi connectivity index (χ1n) is 7.45. The standard InChI is InChI=1S/C14H24N2O3/c1-10-9-19-7-6-16(10)12-4-5-14(8-12,13(17)18)15-11-2-3-11/h10-12,15H,2-9H2,1H3,(H,17,18). The van der Waals surface area contributed by atoms with Crippen molar-refractivity contribution >= 4 is 5.97 Å². The van der Waals surface area contributed by atoms with Crippen molar-refractivity contribution in [1.29, 1.82) is 0 Å². The number of carboxylic acids is 1. The Morgan fingerprint density at radius 3 is 2.84 bits per heavy atom. The summed E-state index contributed by atoms with van der Waals surface area (Å²) in [5.41, 5.74) is -0.677. The molecule has 5 nitrogen and oxygen atoms in total. The lowest BCUT2D eigenvalue weighted by Gasteiger charge is -2.38. The van der Waals surface area contributed by atoms with Crippen LogP contribution in [0.3, 0.4) is 0 Å². The minimum atomic E-state index is -0.677. The molecule has 3 rings (SSSR count). The Bertz CT molecular complexity index is 359. The van der Waals surface area contributed by atoms with E-state index < -0.39 is 11.5 Å². The average Bonchev–Trinajstić information content (AvgIpc) is 3.08. The number of hydrogen-bond donors (Lipinski definition) is 2. The van der Waals surface area contributed by atoms with Crippen molar-refractivity contribution in [3.63, 3.8) is 0 Å². The molecule has 3 aliphatic rings. The molecule has 3 fully saturated rings. The normalized spacial score (nSPS) is 40.5. The van der Waals surface area contributed by atoms with E-state index in [0.29, 0.717) is 18.1 Å². The Labute approximate surface area is 114 Å². The minimum absolute atomic E-state index is 0.390. The molecule has 2 saturated carbocycles. The van der Waals surface area contributed by atoms with E-state index in [9.17, 15) is 9.90 Å². The predicted octanol–water partition coefficient (Wildman–Crippen LogP) is 0.835. The van der Waals surface area contributed by atoms with E-state index in [0.717, 1.165) is 51.9 Å². The molecule has 1 saturated heterocycles. The SMILES string of the molecule is CC1COCCN1C1CCC(NC2CC2)(C(=O)O)C1. The van der Waals surface area contributed by atoms with Crippen LogP contribution in [-0.4, -0.2) is 59.4 Å². The fourth-order valence-electron chi connectivity index (χ4n) is 3.59. The van der Waals surface area contributed by atoms with Crippen LogP contribution in [0.1, 0.15) is 39.0 Å². The minimum Gasteiger partial charge on any atom is -0.480 e. The molecular formula is C14H24N2O3. The van der Waals surface area contributed by atoms with E-state index in [1.807, 2.05) is 0 Å². The second kappa shape index (κ2) is 5.04. The lowest BCUT2D eigenvalue weighted by atomic mass is 9.96. The Morgan fingerprint density at radius 1 is 1.42 bits per heavy atom. The van der Waals surface area contributed by atoms with Crippen LogP contribution in [0.2, 0.25) is 0 Å². The highest BCUT2D eigenvalue weighted by atomic mass is 16.5. The van der Waals surface area contributed by atoms with Gasteiger partial charge in [0.2, 0.25) is 0 Å². The van der Waals surface area contributed by atoms with Gasteiger partial charge in [0.05, 0.1) is 13.2 Å². The van der Waals surface area contributed by atoms with Crippen LogP contribution in [0.15, 0.2) is 0 Å². The number of aliphatic carboxylic acids is 1. The number of hydrogen-bond acceptors (Lipinski definition) is 4. The van der Waals surface area contributed by atoms with Crippen LogP contribution in [0, 0.1) is 0 Å². The van der Waals surface area contributed by atoms with Crippen molar-refractivity contribution in [3.05, 3.63) is 0 Å². The Kier molecular flexibility index (Phi) is 3.53. The number of carbonyl (C=O) groups is 1. The summed E-state index contributed by atoms with van der Waals surface area (Å²) >= 11 is 0. The molecule has 1 aliphatic heterocycles. The molecular weight excluding hydrogens is 244 g/mol. The fourth-order valence-corrected chi connectivity index (χ4v) is 3.59. The summed E-state index contributed by atoms with van der Waals surface area (Å²) in [7, 11) is 0. The molecule has 3 atom stereocenters. The maximum atomic E-state index is 11.7. The molecule has 0 radical (unpaired) electrons. The third kappa shape index (κ3) is 2.64. The third-order valence-electron chi connectivity index (χ3n) is 4.84. The molecule has 0 aromatic carbocycles. The summed E-state index contributed by atoms with van der Waals surface area (Å²) in [6.07, 6.45) is 4.74. The van der Waals surface area contributed by atoms with Gasteiger partial charge in [-0.15, -0.1) is 0 Å². The van der Waals surface area contributed by atoms with E-state index in [1.54, 1.807) is 0 Å². The molecule has 0 amide bonds. The number of morpholine rings is 1. The lowest BCUT2D eigenvalue weighted by Crippen LogP contribution is -2.54. The maximum Gasteiger partial charge on any atom is 0.323 e. The second-order valence-corrected chi connectivity index (χ2v) is 6.36. The first-order valence-corrected chi connectivity index (χ1v) is 7.45. The largest absolute Gasteiger partial charge is 0.480 e. The zero-order chi connectivity index (χ0) is 13.5. The molecule has 0 aromatic rings. The smallest absolute Gasteiger partial charge is 0.323 e. The summed E-state index contributed by atoms with van der Waals surface area (Å²) < 4.78 is 5.47. The van der Waals surface area contributed by atoms with E-state index in [-0.39, 0.29) is 0 Å². The monoisotopic (exact) mass is 268 g/mol. The van der Waals surface area contributed by atoms with Crippen molar-refractivity contribution in [2.45, 2.75) is 62.7 Å². The molecule has 0 aromatic heterocycles. The van der Waals surface area contributed by atoms with Crippen LogP contribution in [0.5, 0.6) is 0 Å². The third-order valence-corrected chi connectivity index (χ3v) is 4.84. The van der Waals surface area contributed by atoms with E-state index in [2.05, 4.69) is 17.1 Å². The molecule has 0 spiro atoms. The molecule has 19 heavy (non-hydrogen) atoms. The van der Waals surface area contributed by atoms with Gasteiger partial charge < -0.3 is 9.84 Å². The van der Waals surface area contributed by atoms with Crippen molar-refractivity contribution < 1.29 is 14.6 Å². The zero-order valence-corrected chi connectivity index (χ0v) is 11.6. The zero-order valence-electron chi connectivity index (χ0n) is 11.6. The Hall–Kier alpha value is -0.650. The van der Waals surface area contributed by atoms with E-state index >= 15 is 0 Å². The first kappa shape index (κ1) is 13.3. The van der Waals surface area contributed by atoms with Crippen LogP contribution in [0.4, 0.5) is 0 Å². The second-order valence-electron chi connectivity index (χ2n) is 6.36. The first-order chi connectivity index (χ1) is 9.11. The van der Waals surface area contributed by atoms with Gasteiger partial charge in [-0.3, -0.25) is 15.0 Å². The molecule has 0 bridgehead atoms. The highest BCUT2D eigenvalue weighted by molar-refractivity contribution is 5.79. The van der Waals surface area contributed by atoms with E-state index in [1.165, 1.54) is 0 Å². The van der Waals surface area contributed by atoms with Gasteiger partial charge in [-0.05, 0) is 39.0 Å². The van der Waals surface area contributed by atoms with Crippen molar-refractivity contribution in [2.24, 2.45) is 0 Å². The van der Waals surface area contributed by atoms with Gasteiger partial charge in [0, 0.05) is 24.7 Å². The van der Waals surface area contributed by atoms with Crippen LogP contribution >= 0.6 is 0 Å². The fraction of sp³-hybridized carbons (Fsp3) is 0.929. The number of nitrogens with zero attached hydrogens (tertiary/aromatic N) is 1. The Morgan fingerprint density at radius 2 is 2.21 bits per heavy atom. The molecule has 2 N–H and O–H groups in total. The van der Waals surface area contributed by atoms with Crippen LogP contribution in [-0.2, 0) is 9.53 Å². The molecule has 2 aliphatic carbocycles. The van der Waals surface area contributed by atoms with Crippen LogP contribution in [0.25, 0.3) is 0 Å². The van der Waals surface area contributed by atoms with Crippen molar-refractivity contribution in [2.75, 3.05) is 19.8 Å². The topological polar surface area (TPSA) is 61.8 Å². The number of rotatable bonds is 4. The number of nitrogens with one attached hydrogen (secondary N) is 1. The predicted molar refractivity (Wildman–Crippen MR) is 71.2 cm³/mol. The highest BCUT2D eigenvalue weighted by Crippen LogP contribution is 2.37. The van der Waals surface area contributed by atoms with Gasteiger partial charge in [0.15, 0.2) is 0 Å². The molecule has 3 unspecified atom stereocenters. The molecule has 5 heteroatoms. The summed E-state index contributed by atoms with van der Waals surface area (Å²) in [5.74, 6) is -0.664. The Balaban J connectivity index is 1.67. The van der Waals surface area contributed by atoms with Gasteiger partial charge in [0.1, 0.15) is 5.54 Å². The molecule has 1 heterocycles. The average molecular weight is 268 g/mol. The van der Waals surface area contributed by atoms with Gasteiger partial charge in [-0.2, -0.15) is 0 Å². The van der Waals surface area contributed by atoms with Gasteiger partial charge in [-0.1, -0.05) is 0 Å². The summed E-state index contributed by atoms with van der Waals surface area (Å²) in [6.45, 7) is 4.66. The molecule has 108 valence electrons. The van der Waals surface area contributed by atoms with Gasteiger partial charge >= 0.3 is 5.97 Å². The number of carboxylic acid groups (broad SMARTS) is 1. The number of ether oxygens (including phenoxy) is 1. The van der Waals surface area contributed by atoms with Crippen molar-refractivity contribution in [1.82, 2.24) is 10.2 Å². The maximum absolute atomic E-state index is 11.7. The van der Waals surface area contributed by atoms with Crippen molar-refractivity contribution in [3.8, 4) is 0 Å². The van der Waals surface area contributed by atoms with Gasteiger partial charge in [0.25, 0.3) is 0 Å². The summed E-state index contributed by atoms with van der Waals surface area (Å²) in [6, 6.07) is 1.24.